The van der Waals surface area contributed by atoms with Crippen LogP contribution < -0.4 is 5.32 Å². The van der Waals surface area contributed by atoms with Gasteiger partial charge in [-0.1, -0.05) is 11.6 Å². The van der Waals surface area contributed by atoms with Crippen molar-refractivity contribution in [3.8, 4) is 0 Å². The lowest BCUT2D eigenvalue weighted by Gasteiger charge is -2.10. The predicted molar refractivity (Wildman–Crippen MR) is 70.9 cm³/mol. The van der Waals surface area contributed by atoms with Crippen molar-refractivity contribution in [2.45, 2.75) is 4.90 Å². The molecule has 1 aromatic rings. The molecule has 0 aliphatic carbocycles. The number of nitrogens with zero attached hydrogens (tertiary/aromatic N) is 1. The Kier molecular flexibility index (Phi) is 5.58. The van der Waals surface area contributed by atoms with E-state index in [1.54, 1.807) is 0 Å². The Labute approximate surface area is 113 Å². The SMILES string of the molecule is CN(C)CCNC(=O)c1ccc(Cl)c([SH](=O)=O)c1. The summed E-state index contributed by atoms with van der Waals surface area (Å²) in [5.74, 6) is -0.313. The zero-order chi connectivity index (χ0) is 13.7. The van der Waals surface area contributed by atoms with E-state index in [0.717, 1.165) is 0 Å². The van der Waals surface area contributed by atoms with Crippen LogP contribution in [-0.4, -0.2) is 46.4 Å². The van der Waals surface area contributed by atoms with Crippen molar-refractivity contribution in [1.82, 2.24) is 10.2 Å². The van der Waals surface area contributed by atoms with Gasteiger partial charge < -0.3 is 10.2 Å². The van der Waals surface area contributed by atoms with E-state index in [9.17, 15) is 13.2 Å². The summed E-state index contributed by atoms with van der Waals surface area (Å²) in [4.78, 5) is 13.6. The maximum atomic E-state index is 11.7. The van der Waals surface area contributed by atoms with Gasteiger partial charge in [-0.05, 0) is 32.3 Å². The van der Waals surface area contributed by atoms with Gasteiger partial charge in [-0.3, -0.25) is 4.79 Å². The van der Waals surface area contributed by atoms with Crippen LogP contribution in [-0.2, 0) is 10.7 Å². The summed E-state index contributed by atoms with van der Waals surface area (Å²) in [6.45, 7) is 1.20. The number of thiol groups is 1. The molecule has 0 fully saturated rings. The molecule has 100 valence electrons. The summed E-state index contributed by atoms with van der Waals surface area (Å²) in [6, 6.07) is 4.18. The van der Waals surface area contributed by atoms with E-state index in [1.165, 1.54) is 18.2 Å². The molecule has 0 unspecified atom stereocenters. The monoisotopic (exact) mass is 290 g/mol. The van der Waals surface area contributed by atoms with Crippen LogP contribution in [0.3, 0.4) is 0 Å². The highest BCUT2D eigenvalue weighted by molar-refractivity contribution is 7.72. The lowest BCUT2D eigenvalue weighted by Crippen LogP contribution is -2.31. The third kappa shape index (κ3) is 4.29. The zero-order valence-corrected chi connectivity index (χ0v) is 11.8. The molecule has 0 saturated heterocycles. The first-order valence-corrected chi connectivity index (χ1v) is 6.84. The van der Waals surface area contributed by atoms with Gasteiger partial charge in [0, 0.05) is 18.7 Å². The van der Waals surface area contributed by atoms with E-state index in [1.807, 2.05) is 19.0 Å². The maximum absolute atomic E-state index is 11.7. The van der Waals surface area contributed by atoms with Gasteiger partial charge in [0.05, 0.1) is 9.92 Å². The van der Waals surface area contributed by atoms with E-state index in [2.05, 4.69) is 5.32 Å². The van der Waals surface area contributed by atoms with Crippen molar-refractivity contribution in [3.63, 3.8) is 0 Å². The molecule has 7 heteroatoms. The molecule has 1 rings (SSSR count). The number of amides is 1. The van der Waals surface area contributed by atoms with Crippen LogP contribution in [0.15, 0.2) is 23.1 Å². The van der Waals surface area contributed by atoms with Crippen LogP contribution in [0, 0.1) is 0 Å². The largest absolute Gasteiger partial charge is 0.351 e. The van der Waals surface area contributed by atoms with Crippen molar-refractivity contribution >= 4 is 28.2 Å². The Morgan fingerprint density at radius 1 is 1.39 bits per heavy atom. The number of carbonyl (C=O) groups excluding carboxylic acids is 1. The molecule has 1 aromatic carbocycles. The fourth-order valence-electron chi connectivity index (χ4n) is 1.29. The third-order valence-electron chi connectivity index (χ3n) is 2.25. The normalized spacial score (nSPS) is 10.9. The molecular formula is C11H15ClN2O3S. The second kappa shape index (κ2) is 6.72. The van der Waals surface area contributed by atoms with Gasteiger partial charge >= 0.3 is 0 Å². The number of rotatable bonds is 5. The average Bonchev–Trinajstić information content (AvgIpc) is 2.28. The van der Waals surface area contributed by atoms with Crippen LogP contribution in [0.1, 0.15) is 10.4 Å². The van der Waals surface area contributed by atoms with Crippen LogP contribution in [0.2, 0.25) is 5.02 Å². The number of hydrogen-bond acceptors (Lipinski definition) is 4. The van der Waals surface area contributed by atoms with Crippen LogP contribution in [0.4, 0.5) is 0 Å². The first-order chi connectivity index (χ1) is 8.41. The van der Waals surface area contributed by atoms with Gasteiger partial charge in [-0.25, -0.2) is 8.42 Å². The minimum absolute atomic E-state index is 0.0353. The number of carbonyl (C=O) groups is 1. The minimum atomic E-state index is -2.80. The highest BCUT2D eigenvalue weighted by atomic mass is 35.5. The number of halogens is 1. The molecule has 0 saturated carbocycles. The Bertz CT molecular complexity index is 507. The Balaban J connectivity index is 2.78. The van der Waals surface area contributed by atoms with Crippen molar-refractivity contribution in [3.05, 3.63) is 28.8 Å². The molecule has 0 aliphatic rings. The van der Waals surface area contributed by atoms with Crippen molar-refractivity contribution in [1.29, 1.82) is 0 Å². The highest BCUT2D eigenvalue weighted by Crippen LogP contribution is 2.18. The van der Waals surface area contributed by atoms with E-state index in [-0.39, 0.29) is 21.4 Å². The number of likely N-dealkylation sites (N-methyl/N-ethyl adjacent to an activating group) is 1. The van der Waals surface area contributed by atoms with Crippen LogP contribution >= 0.6 is 11.6 Å². The molecule has 0 spiro atoms. The smallest absolute Gasteiger partial charge is 0.251 e. The molecule has 1 amide bonds. The summed E-state index contributed by atoms with van der Waals surface area (Å²) in [5.41, 5.74) is 0.285. The van der Waals surface area contributed by atoms with E-state index in [4.69, 9.17) is 11.6 Å². The third-order valence-corrected chi connectivity index (χ3v) is 3.47. The first kappa shape index (κ1) is 14.9. The number of benzene rings is 1. The van der Waals surface area contributed by atoms with Gasteiger partial charge in [-0.2, -0.15) is 0 Å². The lowest BCUT2D eigenvalue weighted by atomic mass is 10.2. The Hall–Kier alpha value is -1.11. The van der Waals surface area contributed by atoms with Gasteiger partial charge in [-0.15, -0.1) is 0 Å². The quantitative estimate of drug-likeness (QED) is 0.780. The number of hydrogen-bond donors (Lipinski definition) is 2. The molecule has 0 aromatic heterocycles. The van der Waals surface area contributed by atoms with E-state index >= 15 is 0 Å². The van der Waals surface area contributed by atoms with Gasteiger partial charge in [0.25, 0.3) is 5.91 Å². The standard InChI is InChI=1S/C11H15ClN2O3S/c1-14(2)6-5-13-11(15)8-3-4-9(12)10(7-8)18(16)17/h3-4,7,18H,5-6H2,1-2H3,(H,13,15). The Morgan fingerprint density at radius 2 is 2.06 bits per heavy atom. The van der Waals surface area contributed by atoms with Crippen molar-refractivity contribution < 1.29 is 13.2 Å². The van der Waals surface area contributed by atoms with Crippen LogP contribution in [0.5, 0.6) is 0 Å². The summed E-state index contributed by atoms with van der Waals surface area (Å²) in [5, 5.41) is 2.82. The van der Waals surface area contributed by atoms with E-state index in [0.29, 0.717) is 13.1 Å². The minimum Gasteiger partial charge on any atom is -0.351 e. The van der Waals surface area contributed by atoms with Gasteiger partial charge in [0.2, 0.25) is 0 Å². The maximum Gasteiger partial charge on any atom is 0.251 e. The van der Waals surface area contributed by atoms with Crippen LogP contribution in [0.25, 0.3) is 0 Å². The predicted octanol–water partition coefficient (Wildman–Crippen LogP) is 0.602. The molecule has 0 bridgehead atoms. The van der Waals surface area contributed by atoms with Crippen molar-refractivity contribution in [2.75, 3.05) is 27.2 Å². The topological polar surface area (TPSA) is 66.5 Å². The molecular weight excluding hydrogens is 276 g/mol. The van der Waals surface area contributed by atoms with Crippen molar-refractivity contribution in [2.24, 2.45) is 0 Å². The summed E-state index contributed by atoms with van der Waals surface area (Å²) >= 11 is 5.72. The average molecular weight is 291 g/mol. The van der Waals surface area contributed by atoms with Gasteiger partial charge in [0.1, 0.15) is 0 Å². The summed E-state index contributed by atoms with van der Waals surface area (Å²) < 4.78 is 21.8. The summed E-state index contributed by atoms with van der Waals surface area (Å²) in [7, 11) is 0.994. The molecule has 0 heterocycles. The molecule has 0 aliphatic heterocycles. The lowest BCUT2D eigenvalue weighted by molar-refractivity contribution is 0.0951. The molecule has 18 heavy (non-hydrogen) atoms. The molecule has 5 nitrogen and oxygen atoms in total. The molecule has 1 N–H and O–H groups in total. The first-order valence-electron chi connectivity index (χ1n) is 5.28. The Morgan fingerprint density at radius 3 is 2.61 bits per heavy atom. The number of nitrogens with one attached hydrogen (secondary N) is 1. The summed E-state index contributed by atoms with van der Waals surface area (Å²) in [6.07, 6.45) is 0. The second-order valence-corrected chi connectivity index (χ2v) is 5.39. The zero-order valence-electron chi connectivity index (χ0n) is 10.1. The fraction of sp³-hybridized carbons (Fsp3) is 0.364. The fourth-order valence-corrected chi connectivity index (χ4v) is 2.11. The molecule has 0 radical (unpaired) electrons. The highest BCUT2D eigenvalue weighted by Gasteiger charge is 2.10. The van der Waals surface area contributed by atoms with Gasteiger partial charge in [0.15, 0.2) is 10.7 Å². The second-order valence-electron chi connectivity index (χ2n) is 3.98. The van der Waals surface area contributed by atoms with E-state index < -0.39 is 10.7 Å². The molecule has 0 atom stereocenters.